The summed E-state index contributed by atoms with van der Waals surface area (Å²) in [5, 5.41) is 2.67. The van der Waals surface area contributed by atoms with Gasteiger partial charge in [0.1, 0.15) is 0 Å². The van der Waals surface area contributed by atoms with Crippen LogP contribution in [0.4, 0.5) is 0 Å². The van der Waals surface area contributed by atoms with Crippen LogP contribution in [0.2, 0.25) is 0 Å². The number of rotatable bonds is 2. The van der Waals surface area contributed by atoms with Gasteiger partial charge in [0, 0.05) is 16.8 Å². The number of hydrogen-bond donors (Lipinski definition) is 0. The molecule has 0 saturated carbocycles. The molecule has 2 aliphatic carbocycles. The lowest BCUT2D eigenvalue weighted by atomic mass is 10.1. The van der Waals surface area contributed by atoms with Crippen LogP contribution in [-0.4, -0.2) is 4.98 Å². The maximum atomic E-state index is 4.70. The van der Waals surface area contributed by atoms with Crippen LogP contribution >= 0.6 is 0 Å². The predicted molar refractivity (Wildman–Crippen MR) is 77.1 cm³/mol. The molecule has 0 radical (unpaired) electrons. The third-order valence-electron chi connectivity index (χ3n) is 3.41. The van der Waals surface area contributed by atoms with Gasteiger partial charge in [0.05, 0.1) is 0 Å². The number of aryl methyl sites for hydroxylation is 2. The minimum Gasteiger partial charge on any atom is -0.258 e. The van der Waals surface area contributed by atoms with E-state index in [9.17, 15) is 0 Å². The molecule has 1 nitrogen and oxygen atoms in total. The number of nitrogens with zero attached hydrogens (tertiary/aromatic N) is 1. The molecule has 0 saturated heterocycles. The van der Waals surface area contributed by atoms with Crippen molar-refractivity contribution in [2.45, 2.75) is 26.7 Å². The van der Waals surface area contributed by atoms with Crippen molar-refractivity contribution in [1.82, 2.24) is 4.98 Å². The first kappa shape index (κ1) is 11.2. The maximum Gasteiger partial charge on any atom is 0.0485 e. The van der Waals surface area contributed by atoms with Crippen molar-refractivity contribution in [3.63, 3.8) is 0 Å². The van der Waals surface area contributed by atoms with Gasteiger partial charge in [-0.2, -0.15) is 0 Å². The van der Waals surface area contributed by atoms with Gasteiger partial charge in [-0.25, -0.2) is 0 Å². The van der Waals surface area contributed by atoms with E-state index >= 15 is 0 Å². The number of hydrogen-bond acceptors (Lipinski definition) is 1. The van der Waals surface area contributed by atoms with Crippen LogP contribution < -0.4 is 0 Å². The van der Waals surface area contributed by atoms with Crippen LogP contribution in [0.5, 0.6) is 0 Å². The summed E-state index contributed by atoms with van der Waals surface area (Å²) in [4.78, 5) is 4.70. The quantitative estimate of drug-likeness (QED) is 0.632. The van der Waals surface area contributed by atoms with Crippen molar-refractivity contribution in [1.29, 1.82) is 0 Å². The van der Waals surface area contributed by atoms with E-state index in [4.69, 9.17) is 4.98 Å². The molecule has 90 valence electrons. The predicted octanol–water partition coefficient (Wildman–Crippen LogP) is 4.60. The average Bonchev–Trinajstić information content (AvgIpc) is 2.55. The van der Waals surface area contributed by atoms with Crippen LogP contribution in [0.25, 0.3) is 21.9 Å². The molecule has 0 spiro atoms. The van der Waals surface area contributed by atoms with E-state index in [1.165, 1.54) is 27.6 Å². The van der Waals surface area contributed by atoms with Crippen LogP contribution in [0.15, 0.2) is 42.5 Å². The van der Waals surface area contributed by atoms with Gasteiger partial charge in [0.25, 0.3) is 0 Å². The Hall–Kier alpha value is -1.89. The highest BCUT2D eigenvalue weighted by Crippen LogP contribution is 2.35. The molecule has 0 fully saturated rings. The first-order valence-corrected chi connectivity index (χ1v) is 6.57. The second-order valence-corrected chi connectivity index (χ2v) is 4.85. The fourth-order valence-corrected chi connectivity index (χ4v) is 2.65. The summed E-state index contributed by atoms with van der Waals surface area (Å²) in [6, 6.07) is 15.1. The van der Waals surface area contributed by atoms with Gasteiger partial charge in [-0.15, -0.1) is 0 Å². The molecule has 0 atom stereocenters. The van der Waals surface area contributed by atoms with Crippen molar-refractivity contribution in [2.24, 2.45) is 0 Å². The van der Waals surface area contributed by atoms with Gasteiger partial charge >= 0.3 is 0 Å². The minimum absolute atomic E-state index is 1.06. The molecular formula is C17H17N. The summed E-state index contributed by atoms with van der Waals surface area (Å²) in [7, 11) is 0. The van der Waals surface area contributed by atoms with Crippen LogP contribution in [0.1, 0.15) is 24.7 Å². The molecule has 18 heavy (non-hydrogen) atoms. The maximum absolute atomic E-state index is 4.70. The first-order valence-electron chi connectivity index (χ1n) is 6.57. The second kappa shape index (κ2) is 4.41. The van der Waals surface area contributed by atoms with Crippen LogP contribution in [0.3, 0.4) is 0 Å². The molecule has 0 unspecified atom stereocenters. The summed E-state index contributed by atoms with van der Waals surface area (Å²) >= 11 is 0. The highest BCUT2D eigenvalue weighted by molar-refractivity contribution is 6.03. The van der Waals surface area contributed by atoms with E-state index in [1.807, 2.05) is 0 Å². The summed E-state index contributed by atoms with van der Waals surface area (Å²) in [6.45, 7) is 4.29. The Morgan fingerprint density at radius 2 is 1.83 bits per heavy atom. The second-order valence-electron chi connectivity index (χ2n) is 4.85. The molecule has 0 N–H and O–H groups in total. The lowest BCUT2D eigenvalue weighted by Gasteiger charge is -2.03. The number of fused-ring (bicyclic) bond motifs is 3. The number of aromatic nitrogens is 1. The minimum atomic E-state index is 1.06. The summed E-state index contributed by atoms with van der Waals surface area (Å²) in [5.41, 5.74) is 4.99. The highest BCUT2D eigenvalue weighted by atomic mass is 14.7. The van der Waals surface area contributed by atoms with E-state index in [0.29, 0.717) is 0 Å². The van der Waals surface area contributed by atoms with E-state index in [2.05, 4.69) is 56.3 Å². The van der Waals surface area contributed by atoms with E-state index < -0.39 is 0 Å². The highest BCUT2D eigenvalue weighted by Gasteiger charge is 2.12. The summed E-state index contributed by atoms with van der Waals surface area (Å²) in [5.74, 6) is 0. The first-order chi connectivity index (χ1) is 8.79. The largest absolute Gasteiger partial charge is 0.258 e. The Bertz CT molecular complexity index is 670. The van der Waals surface area contributed by atoms with E-state index in [0.717, 1.165) is 18.5 Å². The monoisotopic (exact) mass is 235 g/mol. The van der Waals surface area contributed by atoms with Crippen molar-refractivity contribution >= 4 is 10.8 Å². The number of pyridine rings is 1. The van der Waals surface area contributed by atoms with Crippen molar-refractivity contribution < 1.29 is 0 Å². The average molecular weight is 235 g/mol. The lowest BCUT2D eigenvalue weighted by molar-refractivity contribution is 0.886. The van der Waals surface area contributed by atoms with Crippen molar-refractivity contribution in [3.8, 4) is 11.1 Å². The lowest BCUT2D eigenvalue weighted by Crippen LogP contribution is -1.92. The molecule has 0 amide bonds. The zero-order chi connectivity index (χ0) is 12.5. The Morgan fingerprint density at radius 1 is 1.00 bits per heavy atom. The molecular weight excluding hydrogens is 218 g/mol. The van der Waals surface area contributed by atoms with Gasteiger partial charge < -0.3 is 0 Å². The Morgan fingerprint density at radius 3 is 2.67 bits per heavy atom. The third-order valence-corrected chi connectivity index (χ3v) is 3.41. The molecule has 1 heteroatoms. The zero-order valence-electron chi connectivity index (χ0n) is 10.9. The van der Waals surface area contributed by atoms with E-state index in [1.54, 1.807) is 0 Å². The summed E-state index contributed by atoms with van der Waals surface area (Å²) < 4.78 is 0. The fourth-order valence-electron chi connectivity index (χ4n) is 2.65. The standard InChI is InChI=1S/C17H17N/c1-3-7-17-16-11-13-8-5-4-6-9-14(13)15(16)10-12(2)18-17/h4-6,8-11H,3,7H2,1-2H3. The van der Waals surface area contributed by atoms with E-state index in [-0.39, 0.29) is 0 Å². The normalized spacial score (nSPS) is 11.2. The van der Waals surface area contributed by atoms with Crippen molar-refractivity contribution in [2.75, 3.05) is 0 Å². The Labute approximate surface area is 108 Å². The van der Waals surface area contributed by atoms with Gasteiger partial charge in [-0.3, -0.25) is 4.98 Å². The van der Waals surface area contributed by atoms with Crippen LogP contribution in [-0.2, 0) is 6.42 Å². The molecule has 0 aliphatic heterocycles. The molecule has 0 bridgehead atoms. The molecule has 1 aromatic heterocycles. The molecule has 1 heterocycles. The van der Waals surface area contributed by atoms with Crippen LogP contribution in [0, 0.1) is 6.92 Å². The van der Waals surface area contributed by atoms with Gasteiger partial charge in [-0.05, 0) is 42.0 Å². The molecule has 2 aliphatic rings. The molecule has 3 rings (SSSR count). The van der Waals surface area contributed by atoms with Gasteiger partial charge in [-0.1, -0.05) is 43.7 Å². The topological polar surface area (TPSA) is 12.9 Å². The zero-order valence-corrected chi connectivity index (χ0v) is 10.9. The van der Waals surface area contributed by atoms with Crippen molar-refractivity contribution in [3.05, 3.63) is 53.9 Å². The third kappa shape index (κ3) is 1.76. The Kier molecular flexibility index (Phi) is 2.75. The molecule has 0 aromatic carbocycles. The fraction of sp³-hybridized carbons (Fsp3) is 0.235. The SMILES string of the molecule is CCCc1nc(C)cc2c3cccccc-3cc12. The smallest absolute Gasteiger partial charge is 0.0485 e. The van der Waals surface area contributed by atoms with Gasteiger partial charge in [0.2, 0.25) is 0 Å². The molecule has 1 aromatic rings. The Balaban J connectivity index is 2.39. The van der Waals surface area contributed by atoms with Gasteiger partial charge in [0.15, 0.2) is 0 Å². The summed E-state index contributed by atoms with van der Waals surface area (Å²) in [6.07, 6.45) is 2.20.